The van der Waals surface area contributed by atoms with Crippen molar-refractivity contribution in [2.75, 3.05) is 20.2 Å². The van der Waals surface area contributed by atoms with Crippen LogP contribution in [0.3, 0.4) is 0 Å². The number of hydrogen-bond donors (Lipinski definition) is 2. The van der Waals surface area contributed by atoms with Gasteiger partial charge in [-0.25, -0.2) is 0 Å². The molecule has 1 aliphatic heterocycles. The molecular formula is C14H19BrN2O2. The van der Waals surface area contributed by atoms with Gasteiger partial charge in [-0.05, 0) is 50.6 Å². The highest BCUT2D eigenvalue weighted by Crippen LogP contribution is 2.23. The number of rotatable bonds is 3. The molecule has 1 aromatic rings. The maximum absolute atomic E-state index is 12.3. The van der Waals surface area contributed by atoms with Crippen molar-refractivity contribution in [1.29, 1.82) is 0 Å². The molecule has 1 fully saturated rings. The standard InChI is InChI=1S/C14H19BrN2O2/c1-19-13-9-10(15)4-5-12(13)14(18)17-11-3-2-7-16-8-6-11/h4-5,9,11,16H,2-3,6-8H2,1H3,(H,17,18). The molecular weight excluding hydrogens is 308 g/mol. The normalized spacial score (nSPS) is 19.6. The van der Waals surface area contributed by atoms with Gasteiger partial charge in [0.05, 0.1) is 12.7 Å². The van der Waals surface area contributed by atoms with Crippen LogP contribution < -0.4 is 15.4 Å². The van der Waals surface area contributed by atoms with Crippen molar-refractivity contribution in [3.05, 3.63) is 28.2 Å². The summed E-state index contributed by atoms with van der Waals surface area (Å²) in [7, 11) is 1.58. The zero-order chi connectivity index (χ0) is 13.7. The topological polar surface area (TPSA) is 50.4 Å². The molecule has 1 saturated heterocycles. The SMILES string of the molecule is COc1cc(Br)ccc1C(=O)NC1CCCNCC1. The van der Waals surface area contributed by atoms with E-state index in [0.717, 1.165) is 36.8 Å². The molecule has 0 bridgehead atoms. The van der Waals surface area contributed by atoms with E-state index in [1.54, 1.807) is 13.2 Å². The smallest absolute Gasteiger partial charge is 0.255 e. The number of hydrogen-bond acceptors (Lipinski definition) is 3. The van der Waals surface area contributed by atoms with Gasteiger partial charge in [-0.3, -0.25) is 4.79 Å². The third kappa shape index (κ3) is 3.94. The van der Waals surface area contributed by atoms with Crippen molar-refractivity contribution in [2.24, 2.45) is 0 Å². The Balaban J connectivity index is 2.06. The average Bonchev–Trinajstić information content (AvgIpc) is 2.67. The van der Waals surface area contributed by atoms with Gasteiger partial charge in [-0.2, -0.15) is 0 Å². The second-order valence-corrected chi connectivity index (χ2v) is 5.61. The molecule has 19 heavy (non-hydrogen) atoms. The molecule has 1 atom stereocenters. The van der Waals surface area contributed by atoms with Gasteiger partial charge < -0.3 is 15.4 Å². The van der Waals surface area contributed by atoms with Crippen LogP contribution in [0, 0.1) is 0 Å². The van der Waals surface area contributed by atoms with Gasteiger partial charge in [0.15, 0.2) is 0 Å². The highest BCUT2D eigenvalue weighted by Gasteiger charge is 2.18. The largest absolute Gasteiger partial charge is 0.496 e. The molecule has 0 spiro atoms. The molecule has 1 aromatic carbocycles. The lowest BCUT2D eigenvalue weighted by Crippen LogP contribution is -2.35. The van der Waals surface area contributed by atoms with Crippen molar-refractivity contribution in [2.45, 2.75) is 25.3 Å². The number of amides is 1. The monoisotopic (exact) mass is 326 g/mol. The fraction of sp³-hybridized carbons (Fsp3) is 0.500. The Labute approximate surface area is 122 Å². The van der Waals surface area contributed by atoms with Crippen LogP contribution in [-0.4, -0.2) is 32.1 Å². The van der Waals surface area contributed by atoms with E-state index in [4.69, 9.17) is 4.74 Å². The summed E-state index contributed by atoms with van der Waals surface area (Å²) in [4.78, 5) is 12.3. The number of methoxy groups -OCH3 is 1. The molecule has 0 aliphatic carbocycles. The Kier molecular flexibility index (Phi) is 5.22. The minimum atomic E-state index is -0.0590. The maximum atomic E-state index is 12.3. The number of nitrogens with one attached hydrogen (secondary N) is 2. The van der Waals surface area contributed by atoms with Gasteiger partial charge in [-0.1, -0.05) is 15.9 Å². The summed E-state index contributed by atoms with van der Waals surface area (Å²) < 4.78 is 6.16. The van der Waals surface area contributed by atoms with E-state index in [0.29, 0.717) is 11.3 Å². The Morgan fingerprint density at radius 1 is 1.42 bits per heavy atom. The Hall–Kier alpha value is -1.07. The number of carbonyl (C=O) groups is 1. The Morgan fingerprint density at radius 3 is 3.05 bits per heavy atom. The average molecular weight is 327 g/mol. The third-order valence-electron chi connectivity index (χ3n) is 3.32. The molecule has 4 nitrogen and oxygen atoms in total. The second kappa shape index (κ2) is 6.91. The fourth-order valence-corrected chi connectivity index (χ4v) is 2.62. The molecule has 1 unspecified atom stereocenters. The minimum Gasteiger partial charge on any atom is -0.496 e. The third-order valence-corrected chi connectivity index (χ3v) is 3.81. The van der Waals surface area contributed by atoms with E-state index >= 15 is 0 Å². The van der Waals surface area contributed by atoms with E-state index in [1.807, 2.05) is 12.1 Å². The van der Waals surface area contributed by atoms with Gasteiger partial charge in [0.25, 0.3) is 5.91 Å². The lowest BCUT2D eigenvalue weighted by atomic mass is 10.1. The van der Waals surface area contributed by atoms with E-state index in [1.165, 1.54) is 0 Å². The quantitative estimate of drug-likeness (QED) is 0.896. The summed E-state index contributed by atoms with van der Waals surface area (Å²) in [5, 5.41) is 6.43. The zero-order valence-electron chi connectivity index (χ0n) is 11.0. The van der Waals surface area contributed by atoms with Crippen molar-refractivity contribution in [1.82, 2.24) is 10.6 Å². The van der Waals surface area contributed by atoms with Crippen LogP contribution >= 0.6 is 15.9 Å². The van der Waals surface area contributed by atoms with E-state index in [-0.39, 0.29) is 11.9 Å². The Morgan fingerprint density at radius 2 is 2.26 bits per heavy atom. The number of carbonyl (C=O) groups excluding carboxylic acids is 1. The van der Waals surface area contributed by atoms with Crippen LogP contribution in [0.25, 0.3) is 0 Å². The first-order valence-electron chi connectivity index (χ1n) is 6.56. The van der Waals surface area contributed by atoms with Crippen molar-refractivity contribution in [3.63, 3.8) is 0 Å². The molecule has 1 heterocycles. The summed E-state index contributed by atoms with van der Waals surface area (Å²) in [6, 6.07) is 5.69. The van der Waals surface area contributed by atoms with Crippen molar-refractivity contribution >= 4 is 21.8 Å². The first-order chi connectivity index (χ1) is 9.20. The van der Waals surface area contributed by atoms with E-state index in [2.05, 4.69) is 26.6 Å². The van der Waals surface area contributed by atoms with Crippen LogP contribution in [0.5, 0.6) is 5.75 Å². The number of halogens is 1. The van der Waals surface area contributed by atoms with Crippen LogP contribution in [0.1, 0.15) is 29.6 Å². The van der Waals surface area contributed by atoms with Gasteiger partial charge in [0.1, 0.15) is 5.75 Å². The molecule has 0 saturated carbocycles. The summed E-state index contributed by atoms with van der Waals surface area (Å²) in [6.07, 6.45) is 3.10. The van der Waals surface area contributed by atoms with Crippen LogP contribution in [0.15, 0.2) is 22.7 Å². The predicted molar refractivity (Wildman–Crippen MR) is 78.7 cm³/mol. The van der Waals surface area contributed by atoms with Crippen molar-refractivity contribution < 1.29 is 9.53 Å². The number of benzene rings is 1. The van der Waals surface area contributed by atoms with Gasteiger partial charge in [0.2, 0.25) is 0 Å². The van der Waals surface area contributed by atoms with Crippen LogP contribution in [-0.2, 0) is 0 Å². The summed E-state index contributed by atoms with van der Waals surface area (Å²) in [6.45, 7) is 2.00. The highest BCUT2D eigenvalue weighted by atomic mass is 79.9. The predicted octanol–water partition coefficient (Wildman–Crippen LogP) is 2.33. The molecule has 2 rings (SSSR count). The first kappa shape index (κ1) is 14.3. The lowest BCUT2D eigenvalue weighted by Gasteiger charge is -2.17. The molecule has 0 aromatic heterocycles. The maximum Gasteiger partial charge on any atom is 0.255 e. The molecule has 2 N–H and O–H groups in total. The molecule has 1 aliphatic rings. The van der Waals surface area contributed by atoms with E-state index < -0.39 is 0 Å². The van der Waals surface area contributed by atoms with Crippen molar-refractivity contribution in [3.8, 4) is 5.75 Å². The zero-order valence-corrected chi connectivity index (χ0v) is 12.6. The Bertz CT molecular complexity index is 443. The minimum absolute atomic E-state index is 0.0590. The van der Waals surface area contributed by atoms with Crippen LogP contribution in [0.2, 0.25) is 0 Å². The highest BCUT2D eigenvalue weighted by molar-refractivity contribution is 9.10. The number of ether oxygens (including phenoxy) is 1. The molecule has 104 valence electrons. The second-order valence-electron chi connectivity index (χ2n) is 4.70. The molecule has 1 amide bonds. The van der Waals surface area contributed by atoms with Gasteiger partial charge in [0, 0.05) is 10.5 Å². The summed E-state index contributed by atoms with van der Waals surface area (Å²) in [5.74, 6) is 0.537. The molecule has 0 radical (unpaired) electrons. The summed E-state index contributed by atoms with van der Waals surface area (Å²) >= 11 is 3.38. The van der Waals surface area contributed by atoms with Crippen LogP contribution in [0.4, 0.5) is 0 Å². The van der Waals surface area contributed by atoms with Gasteiger partial charge >= 0.3 is 0 Å². The van der Waals surface area contributed by atoms with Gasteiger partial charge in [-0.15, -0.1) is 0 Å². The lowest BCUT2D eigenvalue weighted by molar-refractivity contribution is 0.0931. The van der Waals surface area contributed by atoms with E-state index in [9.17, 15) is 4.79 Å². The molecule has 5 heteroatoms. The fourth-order valence-electron chi connectivity index (χ4n) is 2.28. The first-order valence-corrected chi connectivity index (χ1v) is 7.35. The summed E-state index contributed by atoms with van der Waals surface area (Å²) in [5.41, 5.74) is 0.586.